The van der Waals surface area contributed by atoms with Crippen LogP contribution in [0.5, 0.6) is 11.5 Å². The summed E-state index contributed by atoms with van der Waals surface area (Å²) in [4.78, 5) is 7.96. The lowest BCUT2D eigenvalue weighted by molar-refractivity contribution is 0.450. The summed E-state index contributed by atoms with van der Waals surface area (Å²) in [5.74, 6) is 0.176. The van der Waals surface area contributed by atoms with Crippen LogP contribution in [0.25, 0.3) is 24.3 Å². The maximum Gasteiger partial charge on any atom is 0.119 e. The van der Waals surface area contributed by atoms with Crippen molar-refractivity contribution in [3.05, 3.63) is 155 Å². The highest BCUT2D eigenvalue weighted by atomic mass is 16.3. The molecule has 0 aliphatic carbocycles. The first-order valence-corrected chi connectivity index (χ1v) is 12.3. The standard InChI is InChI=1S/2C14H13N.C6H6O2/c2*1-12-2-4-13(5-3-12)6-7-14-8-10-15-11-9-14;7-5-2-1-3-6(8)4-5/h2*2-11H,1H3;1-4,7-8H/b2*7-6+;. The van der Waals surface area contributed by atoms with E-state index in [9.17, 15) is 0 Å². The minimum atomic E-state index is 0.0880. The van der Waals surface area contributed by atoms with Crippen LogP contribution in [0.2, 0.25) is 0 Å². The molecule has 0 fully saturated rings. The van der Waals surface area contributed by atoms with Gasteiger partial charge < -0.3 is 10.2 Å². The number of pyridine rings is 2. The molecule has 38 heavy (non-hydrogen) atoms. The number of hydrogen-bond donors (Lipinski definition) is 2. The molecule has 4 heteroatoms. The maximum atomic E-state index is 8.65. The molecule has 2 aromatic heterocycles. The van der Waals surface area contributed by atoms with Gasteiger partial charge in [0.05, 0.1) is 0 Å². The van der Waals surface area contributed by atoms with Gasteiger partial charge >= 0.3 is 0 Å². The van der Waals surface area contributed by atoms with E-state index >= 15 is 0 Å². The van der Waals surface area contributed by atoms with E-state index in [1.54, 1.807) is 30.9 Å². The molecule has 2 heterocycles. The Morgan fingerprint density at radius 3 is 1.05 bits per heavy atom. The zero-order valence-electron chi connectivity index (χ0n) is 21.6. The van der Waals surface area contributed by atoms with Crippen LogP contribution in [0.1, 0.15) is 33.4 Å². The van der Waals surface area contributed by atoms with Gasteiger partial charge in [-0.2, -0.15) is 0 Å². The van der Waals surface area contributed by atoms with E-state index in [1.165, 1.54) is 51.6 Å². The average Bonchev–Trinajstić information content (AvgIpc) is 2.94. The number of phenolic OH excluding ortho intramolecular Hbond substituents is 2. The number of hydrogen-bond acceptors (Lipinski definition) is 4. The molecule has 0 unspecified atom stereocenters. The SMILES string of the molecule is Cc1ccc(/C=C/c2ccncc2)cc1.Cc1ccc(/C=C/c2ccncc2)cc1.Oc1cccc(O)c1. The average molecular weight is 501 g/mol. The van der Waals surface area contributed by atoms with E-state index in [0.717, 1.165) is 0 Å². The number of phenols is 2. The predicted molar refractivity (Wildman–Crippen MR) is 158 cm³/mol. The molecule has 3 aromatic carbocycles. The van der Waals surface area contributed by atoms with Gasteiger partial charge in [-0.25, -0.2) is 0 Å². The molecule has 2 N–H and O–H groups in total. The van der Waals surface area contributed by atoms with Crippen molar-refractivity contribution in [1.82, 2.24) is 9.97 Å². The van der Waals surface area contributed by atoms with Gasteiger partial charge in [0, 0.05) is 30.9 Å². The minimum Gasteiger partial charge on any atom is -0.508 e. The predicted octanol–water partition coefficient (Wildman–Crippen LogP) is 8.22. The van der Waals surface area contributed by atoms with Gasteiger partial charge in [-0.05, 0) is 72.5 Å². The van der Waals surface area contributed by atoms with E-state index in [0.29, 0.717) is 0 Å². The Bertz CT molecular complexity index is 1300. The molecule has 0 aliphatic heterocycles. The van der Waals surface area contributed by atoms with Crippen molar-refractivity contribution in [2.24, 2.45) is 0 Å². The van der Waals surface area contributed by atoms with Gasteiger partial charge in [0.25, 0.3) is 0 Å². The first-order valence-electron chi connectivity index (χ1n) is 12.3. The molecular weight excluding hydrogens is 468 g/mol. The molecule has 190 valence electrons. The Balaban J connectivity index is 0.000000166. The lowest BCUT2D eigenvalue weighted by Crippen LogP contribution is -1.75. The molecule has 0 amide bonds. The summed E-state index contributed by atoms with van der Waals surface area (Å²) in [5.41, 5.74) is 7.36. The highest BCUT2D eigenvalue weighted by Crippen LogP contribution is 2.15. The van der Waals surface area contributed by atoms with Crippen molar-refractivity contribution in [3.8, 4) is 11.5 Å². The van der Waals surface area contributed by atoms with Crippen molar-refractivity contribution in [1.29, 1.82) is 0 Å². The normalized spacial score (nSPS) is 10.4. The summed E-state index contributed by atoms with van der Waals surface area (Å²) in [6.45, 7) is 4.19. The molecule has 0 spiro atoms. The number of aryl methyl sites for hydroxylation is 2. The summed E-state index contributed by atoms with van der Waals surface area (Å²) in [7, 11) is 0. The first kappa shape index (κ1) is 27.6. The minimum absolute atomic E-state index is 0.0880. The van der Waals surface area contributed by atoms with Gasteiger partial charge in [0.15, 0.2) is 0 Å². The van der Waals surface area contributed by atoms with Crippen molar-refractivity contribution in [2.45, 2.75) is 13.8 Å². The van der Waals surface area contributed by atoms with Crippen LogP contribution in [0, 0.1) is 13.8 Å². The van der Waals surface area contributed by atoms with Crippen molar-refractivity contribution < 1.29 is 10.2 Å². The highest BCUT2D eigenvalue weighted by Gasteiger charge is 1.89. The summed E-state index contributed by atoms with van der Waals surface area (Å²) in [6, 6.07) is 30.8. The molecule has 0 saturated carbocycles. The Hall–Kier alpha value is -4.96. The molecule has 5 rings (SSSR count). The fourth-order valence-electron chi connectivity index (χ4n) is 3.18. The first-order chi connectivity index (χ1) is 18.5. The Labute approximate surface area is 225 Å². The lowest BCUT2D eigenvalue weighted by Gasteiger charge is -1.95. The van der Waals surface area contributed by atoms with Crippen LogP contribution >= 0.6 is 0 Å². The molecule has 0 aliphatic rings. The van der Waals surface area contributed by atoms with E-state index in [2.05, 4.69) is 96.7 Å². The summed E-state index contributed by atoms with van der Waals surface area (Å²) >= 11 is 0. The van der Waals surface area contributed by atoms with Crippen LogP contribution < -0.4 is 0 Å². The van der Waals surface area contributed by atoms with Gasteiger partial charge in [-0.1, -0.05) is 90.0 Å². The molecule has 4 nitrogen and oxygen atoms in total. The number of nitrogens with zero attached hydrogens (tertiary/aromatic N) is 2. The quantitative estimate of drug-likeness (QED) is 0.261. The zero-order chi connectivity index (χ0) is 27.0. The highest BCUT2D eigenvalue weighted by molar-refractivity contribution is 5.70. The van der Waals surface area contributed by atoms with E-state index in [1.807, 2.05) is 24.3 Å². The molecule has 0 saturated heterocycles. The molecular formula is C34H32N2O2. The third kappa shape index (κ3) is 10.8. The van der Waals surface area contributed by atoms with Crippen molar-refractivity contribution in [2.75, 3.05) is 0 Å². The Morgan fingerprint density at radius 2 is 0.763 bits per heavy atom. The summed E-state index contributed by atoms with van der Waals surface area (Å²) < 4.78 is 0. The van der Waals surface area contributed by atoms with E-state index in [-0.39, 0.29) is 11.5 Å². The number of rotatable bonds is 4. The zero-order valence-corrected chi connectivity index (χ0v) is 21.6. The fraction of sp³-hybridized carbons (Fsp3) is 0.0588. The lowest BCUT2D eigenvalue weighted by atomic mass is 10.1. The largest absolute Gasteiger partial charge is 0.508 e. The summed E-state index contributed by atoms with van der Waals surface area (Å²) in [5, 5.41) is 17.3. The monoisotopic (exact) mass is 500 g/mol. The van der Waals surface area contributed by atoms with Crippen LogP contribution in [0.3, 0.4) is 0 Å². The summed E-state index contributed by atoms with van der Waals surface area (Å²) in [6.07, 6.45) is 15.6. The Kier molecular flexibility index (Phi) is 11.1. The van der Waals surface area contributed by atoms with Gasteiger partial charge in [0.1, 0.15) is 11.5 Å². The van der Waals surface area contributed by atoms with Crippen LogP contribution in [-0.2, 0) is 0 Å². The third-order valence-electron chi connectivity index (χ3n) is 5.33. The Morgan fingerprint density at radius 1 is 0.447 bits per heavy atom. The van der Waals surface area contributed by atoms with Gasteiger partial charge in [0.2, 0.25) is 0 Å². The fourth-order valence-corrected chi connectivity index (χ4v) is 3.18. The molecule has 5 aromatic rings. The van der Waals surface area contributed by atoms with Gasteiger partial charge in [-0.15, -0.1) is 0 Å². The molecule has 0 radical (unpaired) electrons. The van der Waals surface area contributed by atoms with Crippen molar-refractivity contribution >= 4 is 24.3 Å². The number of aromatic nitrogens is 2. The topological polar surface area (TPSA) is 66.2 Å². The van der Waals surface area contributed by atoms with E-state index < -0.39 is 0 Å². The van der Waals surface area contributed by atoms with Crippen LogP contribution in [0.15, 0.2) is 122 Å². The number of aromatic hydroxyl groups is 2. The van der Waals surface area contributed by atoms with Crippen molar-refractivity contribution in [3.63, 3.8) is 0 Å². The van der Waals surface area contributed by atoms with Crippen LogP contribution in [-0.4, -0.2) is 20.2 Å². The second-order valence-corrected chi connectivity index (χ2v) is 8.57. The smallest absolute Gasteiger partial charge is 0.119 e. The maximum absolute atomic E-state index is 8.65. The van der Waals surface area contributed by atoms with E-state index in [4.69, 9.17) is 10.2 Å². The second kappa shape index (κ2) is 15.2. The third-order valence-corrected chi connectivity index (χ3v) is 5.33. The molecule has 0 atom stereocenters. The van der Waals surface area contributed by atoms with Gasteiger partial charge in [-0.3, -0.25) is 9.97 Å². The second-order valence-electron chi connectivity index (χ2n) is 8.57. The number of benzene rings is 3. The molecule has 0 bridgehead atoms. The van der Waals surface area contributed by atoms with Crippen LogP contribution in [0.4, 0.5) is 0 Å².